The molecule has 4 aliphatic rings. The van der Waals surface area contributed by atoms with Crippen LogP contribution in [-0.2, 0) is 26.2 Å². The van der Waals surface area contributed by atoms with E-state index in [1.807, 2.05) is 80.6 Å². The number of anilines is 1. The van der Waals surface area contributed by atoms with Gasteiger partial charge in [-0.25, -0.2) is 10.3 Å². The van der Waals surface area contributed by atoms with E-state index in [0.29, 0.717) is 10.7 Å². The third kappa shape index (κ3) is 3.71. The summed E-state index contributed by atoms with van der Waals surface area (Å²) in [6.07, 6.45) is 1.85. The first-order valence-corrected chi connectivity index (χ1v) is 14.4. The number of imide groups is 1. The van der Waals surface area contributed by atoms with Gasteiger partial charge in [0.2, 0.25) is 17.7 Å². The van der Waals surface area contributed by atoms with Gasteiger partial charge >= 0.3 is 0 Å². The Morgan fingerprint density at radius 1 is 0.881 bits per heavy atom. The first-order valence-electron chi connectivity index (χ1n) is 14.0. The normalized spacial score (nSPS) is 23.6. The van der Waals surface area contributed by atoms with Crippen LogP contribution in [0.1, 0.15) is 44.9 Å². The van der Waals surface area contributed by atoms with E-state index in [1.165, 1.54) is 4.90 Å². The zero-order valence-corrected chi connectivity index (χ0v) is 23.9. The molecule has 7 heteroatoms. The predicted molar refractivity (Wildman–Crippen MR) is 163 cm³/mol. The average Bonchev–Trinajstić information content (AvgIpc) is 3.26. The van der Waals surface area contributed by atoms with Crippen molar-refractivity contribution in [2.24, 2.45) is 16.9 Å². The third-order valence-corrected chi connectivity index (χ3v) is 9.49. The summed E-state index contributed by atoms with van der Waals surface area (Å²) < 4.78 is 0. The van der Waals surface area contributed by atoms with Gasteiger partial charge < -0.3 is 0 Å². The Kier molecular flexibility index (Phi) is 6.13. The first kappa shape index (κ1) is 26.4. The molecule has 0 aromatic heterocycles. The molecule has 1 aliphatic heterocycles. The molecule has 0 saturated carbocycles. The Morgan fingerprint density at radius 3 is 2.19 bits per heavy atom. The van der Waals surface area contributed by atoms with E-state index in [-0.39, 0.29) is 30.1 Å². The number of amides is 3. The summed E-state index contributed by atoms with van der Waals surface area (Å²) in [6.45, 7) is 4.05. The van der Waals surface area contributed by atoms with Crippen LogP contribution in [0.15, 0.2) is 96.1 Å². The molecular weight excluding hydrogens is 546 g/mol. The Balaban J connectivity index is 1.34. The monoisotopic (exact) mass is 573 g/mol. The molecule has 1 heterocycles. The summed E-state index contributed by atoms with van der Waals surface area (Å²) in [5, 5.41) is 4.83. The molecule has 208 valence electrons. The quantitative estimate of drug-likeness (QED) is 0.185. The molecule has 4 aromatic rings. The van der Waals surface area contributed by atoms with Gasteiger partial charge in [0, 0.05) is 12.1 Å². The van der Waals surface area contributed by atoms with Crippen molar-refractivity contribution in [2.45, 2.75) is 31.6 Å². The number of hydrazone groups is 1. The number of benzene rings is 4. The molecule has 0 spiro atoms. The second kappa shape index (κ2) is 9.78. The smallest absolute Gasteiger partial charge is 0.244 e. The largest absolute Gasteiger partial charge is 0.274 e. The highest BCUT2D eigenvalue weighted by atomic mass is 35.5. The summed E-state index contributed by atoms with van der Waals surface area (Å²) in [7, 11) is 0. The van der Waals surface area contributed by atoms with Gasteiger partial charge in [-0.3, -0.25) is 14.4 Å². The molecule has 1 saturated heterocycles. The van der Waals surface area contributed by atoms with Crippen LogP contribution in [0.3, 0.4) is 0 Å². The van der Waals surface area contributed by atoms with Gasteiger partial charge in [-0.2, -0.15) is 5.10 Å². The van der Waals surface area contributed by atoms with E-state index in [0.717, 1.165) is 38.9 Å². The van der Waals surface area contributed by atoms with Crippen molar-refractivity contribution in [3.63, 3.8) is 0 Å². The molecule has 0 radical (unpaired) electrons. The number of para-hydroxylation sites is 1. The fourth-order valence-electron chi connectivity index (χ4n) is 7.26. The highest BCUT2D eigenvalue weighted by Crippen LogP contribution is 2.63. The number of nitrogens with zero attached hydrogens (tertiary/aromatic N) is 2. The molecule has 3 amide bonds. The molecule has 6 nitrogen and oxygen atoms in total. The van der Waals surface area contributed by atoms with Crippen LogP contribution in [0.4, 0.5) is 5.69 Å². The molecule has 1 N–H and O–H groups in total. The van der Waals surface area contributed by atoms with Crippen LogP contribution in [0.2, 0.25) is 5.02 Å². The Labute approximate surface area is 249 Å². The van der Waals surface area contributed by atoms with Crippen LogP contribution in [0.25, 0.3) is 0 Å². The van der Waals surface area contributed by atoms with Crippen molar-refractivity contribution >= 4 is 41.2 Å². The van der Waals surface area contributed by atoms with Gasteiger partial charge in [0.25, 0.3) is 0 Å². The standard InChI is InChI=1S/C35H28ClN3O3/c1-20-15-16-22(17-21(20)2)18-29(40)38-37-19-35-25-11-5-3-9-23(25)30(24-10-4-6-12-26(24)35)31-32(35)34(42)39(33(31)41)28-14-8-7-13-27(28)36/h3-17,19,30-32H,18H2,1-2H3,(H,38,40)/b37-19-/t30?,31-,32+,35?/m0/s1. The van der Waals surface area contributed by atoms with Crippen LogP contribution >= 0.6 is 11.6 Å². The van der Waals surface area contributed by atoms with Gasteiger partial charge in [-0.15, -0.1) is 0 Å². The Hall–Kier alpha value is -4.55. The third-order valence-electron chi connectivity index (χ3n) is 9.17. The molecule has 8 rings (SSSR count). The fraction of sp³-hybridized carbons (Fsp3) is 0.200. The number of halogens is 1. The lowest BCUT2D eigenvalue weighted by Gasteiger charge is -2.52. The van der Waals surface area contributed by atoms with E-state index in [4.69, 9.17) is 11.6 Å². The van der Waals surface area contributed by atoms with Crippen molar-refractivity contribution in [3.8, 4) is 0 Å². The number of carbonyl (C=O) groups excluding carboxylic acids is 3. The number of hydrogen-bond donors (Lipinski definition) is 1. The minimum Gasteiger partial charge on any atom is -0.274 e. The first-order chi connectivity index (χ1) is 20.3. The summed E-state index contributed by atoms with van der Waals surface area (Å²) in [5.74, 6) is -2.54. The van der Waals surface area contributed by atoms with Crippen LogP contribution in [0, 0.1) is 25.7 Å². The highest BCUT2D eigenvalue weighted by molar-refractivity contribution is 6.36. The second-order valence-corrected chi connectivity index (χ2v) is 11.8. The van der Waals surface area contributed by atoms with E-state index in [2.05, 4.69) is 10.5 Å². The molecule has 1 fully saturated rings. The maximum absolute atomic E-state index is 14.4. The van der Waals surface area contributed by atoms with Crippen molar-refractivity contribution in [3.05, 3.63) is 135 Å². The zero-order valence-electron chi connectivity index (χ0n) is 23.2. The number of nitrogens with one attached hydrogen (secondary N) is 1. The van der Waals surface area contributed by atoms with Crippen LogP contribution < -0.4 is 10.3 Å². The SMILES string of the molecule is Cc1ccc(CC(=O)N/N=C\C23c4ccccc4C(c4ccccc42)[C@@H]2C(=O)N(c4ccccc4Cl)C(=O)[C@@H]23)cc1C. The number of carbonyl (C=O) groups is 3. The van der Waals surface area contributed by atoms with E-state index >= 15 is 0 Å². The lowest BCUT2D eigenvalue weighted by molar-refractivity contribution is -0.123. The summed E-state index contributed by atoms with van der Waals surface area (Å²) in [6, 6.07) is 28.7. The van der Waals surface area contributed by atoms with E-state index in [1.54, 1.807) is 30.5 Å². The molecule has 0 unspecified atom stereocenters. The molecule has 42 heavy (non-hydrogen) atoms. The zero-order chi connectivity index (χ0) is 29.2. The molecule has 2 bridgehead atoms. The van der Waals surface area contributed by atoms with Gasteiger partial charge in [-0.1, -0.05) is 90.5 Å². The average molecular weight is 574 g/mol. The fourth-order valence-corrected chi connectivity index (χ4v) is 7.49. The summed E-state index contributed by atoms with van der Waals surface area (Å²) >= 11 is 6.52. The number of rotatable bonds is 5. The molecule has 2 atom stereocenters. The van der Waals surface area contributed by atoms with E-state index in [9.17, 15) is 14.4 Å². The Bertz CT molecular complexity index is 1780. The maximum Gasteiger partial charge on any atom is 0.244 e. The van der Waals surface area contributed by atoms with Crippen molar-refractivity contribution < 1.29 is 14.4 Å². The van der Waals surface area contributed by atoms with Gasteiger partial charge in [0.1, 0.15) is 0 Å². The van der Waals surface area contributed by atoms with Crippen LogP contribution in [0.5, 0.6) is 0 Å². The van der Waals surface area contributed by atoms with Crippen molar-refractivity contribution in [2.75, 3.05) is 4.90 Å². The molecular formula is C35H28ClN3O3. The van der Waals surface area contributed by atoms with Gasteiger partial charge in [0.15, 0.2) is 0 Å². The highest BCUT2D eigenvalue weighted by Gasteiger charge is 2.68. The predicted octanol–water partition coefficient (Wildman–Crippen LogP) is 5.85. The maximum atomic E-state index is 14.4. The van der Waals surface area contributed by atoms with Crippen LogP contribution in [-0.4, -0.2) is 23.9 Å². The minimum absolute atomic E-state index is 0.171. The lowest BCUT2D eigenvalue weighted by atomic mass is 9.47. The number of hydrogen-bond acceptors (Lipinski definition) is 4. The summed E-state index contributed by atoms with van der Waals surface area (Å²) in [4.78, 5) is 42.9. The topological polar surface area (TPSA) is 78.8 Å². The van der Waals surface area contributed by atoms with Crippen molar-refractivity contribution in [1.82, 2.24) is 5.43 Å². The second-order valence-electron chi connectivity index (χ2n) is 11.4. The van der Waals surface area contributed by atoms with Gasteiger partial charge in [-0.05, 0) is 64.9 Å². The Morgan fingerprint density at radius 2 is 1.52 bits per heavy atom. The lowest BCUT2D eigenvalue weighted by Crippen LogP contribution is -2.54. The summed E-state index contributed by atoms with van der Waals surface area (Å²) in [5.41, 5.74) is 9.03. The number of aryl methyl sites for hydroxylation is 2. The van der Waals surface area contributed by atoms with E-state index < -0.39 is 17.3 Å². The molecule has 4 aromatic carbocycles. The molecule has 3 aliphatic carbocycles. The van der Waals surface area contributed by atoms with Gasteiger partial charge in [0.05, 0.1) is 34.4 Å². The minimum atomic E-state index is -1.07. The van der Waals surface area contributed by atoms with Crippen molar-refractivity contribution in [1.29, 1.82) is 0 Å².